The highest BCUT2D eigenvalue weighted by Gasteiger charge is 2.31. The van der Waals surface area contributed by atoms with Crippen LogP contribution in [0, 0.1) is 0 Å². The zero-order valence-corrected chi connectivity index (χ0v) is 19.7. The maximum absolute atomic E-state index is 13.1. The molecular formula is C27H26F3N3O3. The van der Waals surface area contributed by atoms with E-state index >= 15 is 0 Å². The van der Waals surface area contributed by atoms with Crippen molar-refractivity contribution < 1.29 is 27.5 Å². The lowest BCUT2D eigenvalue weighted by molar-refractivity contribution is -0.137. The summed E-state index contributed by atoms with van der Waals surface area (Å²) in [6.45, 7) is 1.06. The van der Waals surface area contributed by atoms with E-state index in [1.807, 2.05) is 12.1 Å². The quantitative estimate of drug-likeness (QED) is 0.454. The van der Waals surface area contributed by atoms with Crippen LogP contribution in [-0.4, -0.2) is 37.0 Å². The minimum atomic E-state index is -4.43. The van der Waals surface area contributed by atoms with Gasteiger partial charge in [-0.2, -0.15) is 13.2 Å². The summed E-state index contributed by atoms with van der Waals surface area (Å²) < 4.78 is 44.2. The number of alkyl halides is 3. The van der Waals surface area contributed by atoms with Crippen LogP contribution < -0.4 is 15.0 Å². The molecule has 188 valence electrons. The number of hydrogen-bond acceptors (Lipinski definition) is 3. The number of nitrogens with one attached hydrogen (secondary N) is 1. The third-order valence-corrected chi connectivity index (χ3v) is 5.93. The van der Waals surface area contributed by atoms with Crippen LogP contribution in [0.1, 0.15) is 23.1 Å². The van der Waals surface area contributed by atoms with Crippen LogP contribution in [0.2, 0.25) is 0 Å². The number of benzene rings is 3. The zero-order valence-electron chi connectivity index (χ0n) is 19.7. The van der Waals surface area contributed by atoms with E-state index < -0.39 is 11.7 Å². The highest BCUT2D eigenvalue weighted by molar-refractivity contribution is 5.94. The minimum absolute atomic E-state index is 0.0960. The Morgan fingerprint density at radius 3 is 2.36 bits per heavy atom. The summed E-state index contributed by atoms with van der Waals surface area (Å²) in [7, 11) is 1.58. The molecule has 0 aromatic heterocycles. The summed E-state index contributed by atoms with van der Waals surface area (Å²) in [5, 5.41) is 2.84. The van der Waals surface area contributed by atoms with Crippen LogP contribution >= 0.6 is 0 Å². The molecule has 0 unspecified atom stereocenters. The topological polar surface area (TPSA) is 61.9 Å². The van der Waals surface area contributed by atoms with E-state index in [0.29, 0.717) is 36.4 Å². The van der Waals surface area contributed by atoms with Crippen LogP contribution in [-0.2, 0) is 23.9 Å². The molecule has 3 amide bonds. The van der Waals surface area contributed by atoms with Gasteiger partial charge in [0.1, 0.15) is 5.75 Å². The average molecular weight is 498 g/mol. The molecule has 1 aliphatic heterocycles. The van der Waals surface area contributed by atoms with Crippen LogP contribution in [0.3, 0.4) is 0 Å². The number of anilines is 2. The number of amides is 3. The van der Waals surface area contributed by atoms with Crippen molar-refractivity contribution in [1.82, 2.24) is 4.90 Å². The third kappa shape index (κ3) is 6.16. The highest BCUT2D eigenvalue weighted by atomic mass is 19.4. The molecule has 1 saturated heterocycles. The first kappa shape index (κ1) is 25.1. The Kier molecular flexibility index (Phi) is 7.47. The molecule has 0 spiro atoms. The first-order valence-corrected chi connectivity index (χ1v) is 11.5. The average Bonchev–Trinajstić information content (AvgIpc) is 2.86. The fraction of sp³-hybridized carbons (Fsp3) is 0.259. The maximum atomic E-state index is 13.1. The van der Waals surface area contributed by atoms with Crippen molar-refractivity contribution in [1.29, 1.82) is 0 Å². The number of methoxy groups -OCH3 is 1. The summed E-state index contributed by atoms with van der Waals surface area (Å²) >= 11 is 0. The highest BCUT2D eigenvalue weighted by Crippen LogP contribution is 2.30. The Hall–Kier alpha value is -4.01. The molecule has 1 aliphatic rings. The van der Waals surface area contributed by atoms with E-state index in [1.54, 1.807) is 59.4 Å². The molecular weight excluding hydrogens is 471 g/mol. The molecule has 0 aliphatic carbocycles. The summed E-state index contributed by atoms with van der Waals surface area (Å²) in [6, 6.07) is 19.0. The summed E-state index contributed by atoms with van der Waals surface area (Å²) in [5.74, 6) is 0.546. The van der Waals surface area contributed by atoms with Crippen molar-refractivity contribution in [3.8, 4) is 5.75 Å². The Morgan fingerprint density at radius 2 is 1.69 bits per heavy atom. The lowest BCUT2D eigenvalue weighted by Crippen LogP contribution is -2.49. The van der Waals surface area contributed by atoms with E-state index in [2.05, 4.69) is 5.32 Å². The second-order valence-electron chi connectivity index (χ2n) is 8.53. The molecule has 0 atom stereocenters. The molecule has 0 saturated carbocycles. The Balaban J connectivity index is 1.37. The summed E-state index contributed by atoms with van der Waals surface area (Å²) in [5.41, 5.74) is 1.80. The van der Waals surface area contributed by atoms with Gasteiger partial charge in [-0.15, -0.1) is 0 Å². The van der Waals surface area contributed by atoms with E-state index in [1.165, 1.54) is 6.07 Å². The van der Waals surface area contributed by atoms with Gasteiger partial charge in [-0.1, -0.05) is 24.3 Å². The Bertz CT molecular complexity index is 1210. The van der Waals surface area contributed by atoms with Crippen molar-refractivity contribution >= 4 is 23.3 Å². The first-order valence-electron chi connectivity index (χ1n) is 11.5. The van der Waals surface area contributed by atoms with Gasteiger partial charge in [-0.25, -0.2) is 4.79 Å². The molecule has 3 aromatic carbocycles. The SMILES string of the molecule is COc1ccc(CC(=O)Nc2ccc(N3CCCN(Cc4cccc(C(F)(F)F)c4)C3=O)cc2)cc1. The van der Waals surface area contributed by atoms with Gasteiger partial charge < -0.3 is 15.0 Å². The normalized spacial score (nSPS) is 14.1. The fourth-order valence-electron chi connectivity index (χ4n) is 4.09. The second-order valence-corrected chi connectivity index (χ2v) is 8.53. The van der Waals surface area contributed by atoms with Crippen LogP contribution in [0.25, 0.3) is 0 Å². The van der Waals surface area contributed by atoms with Gasteiger partial charge in [0.2, 0.25) is 5.91 Å². The number of rotatable bonds is 7. The molecule has 4 rings (SSSR count). The third-order valence-electron chi connectivity index (χ3n) is 5.93. The Labute approximate surface area is 207 Å². The predicted molar refractivity (Wildman–Crippen MR) is 131 cm³/mol. The van der Waals surface area contributed by atoms with Gasteiger partial charge in [0.25, 0.3) is 0 Å². The second kappa shape index (κ2) is 10.7. The largest absolute Gasteiger partial charge is 0.497 e. The molecule has 0 radical (unpaired) electrons. The zero-order chi connectivity index (χ0) is 25.7. The van der Waals surface area contributed by atoms with Gasteiger partial charge in [0.05, 0.1) is 19.1 Å². The lowest BCUT2D eigenvalue weighted by Gasteiger charge is -2.35. The van der Waals surface area contributed by atoms with Crippen LogP contribution in [0.5, 0.6) is 5.75 Å². The van der Waals surface area contributed by atoms with Crippen molar-refractivity contribution in [3.63, 3.8) is 0 Å². The number of urea groups is 1. The fourth-order valence-corrected chi connectivity index (χ4v) is 4.09. The molecule has 1 fully saturated rings. The van der Waals surface area contributed by atoms with Crippen LogP contribution in [0.4, 0.5) is 29.3 Å². The molecule has 1 N–H and O–H groups in total. The van der Waals surface area contributed by atoms with Gasteiger partial charge >= 0.3 is 12.2 Å². The van der Waals surface area contributed by atoms with Gasteiger partial charge in [-0.3, -0.25) is 9.69 Å². The molecule has 1 heterocycles. The number of carbonyl (C=O) groups excluding carboxylic acids is 2. The lowest BCUT2D eigenvalue weighted by atomic mass is 10.1. The van der Waals surface area contributed by atoms with E-state index in [0.717, 1.165) is 23.4 Å². The first-order chi connectivity index (χ1) is 17.2. The van der Waals surface area contributed by atoms with E-state index in [-0.39, 0.29) is 24.9 Å². The monoisotopic (exact) mass is 497 g/mol. The van der Waals surface area contributed by atoms with Crippen LogP contribution in [0.15, 0.2) is 72.8 Å². The number of hydrogen-bond donors (Lipinski definition) is 1. The summed E-state index contributed by atoms with van der Waals surface area (Å²) in [6.07, 6.45) is -3.54. The molecule has 0 bridgehead atoms. The smallest absolute Gasteiger partial charge is 0.416 e. The van der Waals surface area contributed by atoms with Gasteiger partial charge in [0.15, 0.2) is 0 Å². The number of carbonyl (C=O) groups is 2. The van der Waals surface area contributed by atoms with E-state index in [9.17, 15) is 22.8 Å². The van der Waals surface area contributed by atoms with Gasteiger partial charge in [0, 0.05) is 31.0 Å². The van der Waals surface area contributed by atoms with Crippen molar-refractivity contribution in [2.75, 3.05) is 30.4 Å². The molecule has 36 heavy (non-hydrogen) atoms. The predicted octanol–water partition coefficient (Wildman–Crippen LogP) is 5.73. The minimum Gasteiger partial charge on any atom is -0.497 e. The van der Waals surface area contributed by atoms with Crippen molar-refractivity contribution in [3.05, 3.63) is 89.5 Å². The standard InChI is InChI=1S/C27H26F3N3O3/c1-36-24-12-6-19(7-13-24)17-25(34)31-22-8-10-23(11-9-22)33-15-3-14-32(26(33)35)18-20-4-2-5-21(16-20)27(28,29)30/h2,4-13,16H,3,14-15,17-18H2,1H3,(H,31,34). The number of ether oxygens (including phenoxy) is 1. The molecule has 9 heteroatoms. The van der Waals surface area contributed by atoms with Gasteiger partial charge in [-0.05, 0) is 66.1 Å². The molecule has 3 aromatic rings. The maximum Gasteiger partial charge on any atom is 0.416 e. The number of nitrogens with zero attached hydrogens (tertiary/aromatic N) is 2. The van der Waals surface area contributed by atoms with Crippen molar-refractivity contribution in [2.24, 2.45) is 0 Å². The van der Waals surface area contributed by atoms with Crippen molar-refractivity contribution in [2.45, 2.75) is 25.6 Å². The number of halogens is 3. The van der Waals surface area contributed by atoms with E-state index in [4.69, 9.17) is 4.74 Å². The Morgan fingerprint density at radius 1 is 0.972 bits per heavy atom. The molecule has 6 nitrogen and oxygen atoms in total. The summed E-state index contributed by atoms with van der Waals surface area (Å²) in [4.78, 5) is 28.6.